The standard InChI is InChI=1S/C19H29N3O2/c1-15(16-8-13-24-14-9-16)21-19(23)20-10-4-11-22-12-7-17-5-2-3-6-18(17)22/h2-3,5-6,15-16H,4,7-14H2,1H3,(H2,20,21,23). The summed E-state index contributed by atoms with van der Waals surface area (Å²) in [6.45, 7) is 6.52. The van der Waals surface area contributed by atoms with Gasteiger partial charge >= 0.3 is 6.03 Å². The number of hydrogen-bond acceptors (Lipinski definition) is 3. The average molecular weight is 331 g/mol. The number of para-hydroxylation sites is 1. The van der Waals surface area contributed by atoms with E-state index in [0.717, 1.165) is 52.0 Å². The molecule has 24 heavy (non-hydrogen) atoms. The van der Waals surface area contributed by atoms with E-state index in [1.807, 2.05) is 0 Å². The predicted octanol–water partition coefficient (Wildman–Crippen LogP) is 2.55. The maximum Gasteiger partial charge on any atom is 0.315 e. The largest absolute Gasteiger partial charge is 0.381 e. The molecule has 0 spiro atoms. The summed E-state index contributed by atoms with van der Waals surface area (Å²) in [5.41, 5.74) is 2.79. The fraction of sp³-hybridized carbons (Fsp3) is 0.632. The van der Waals surface area contributed by atoms with Crippen molar-refractivity contribution in [3.63, 3.8) is 0 Å². The van der Waals surface area contributed by atoms with E-state index < -0.39 is 0 Å². The Labute approximate surface area is 144 Å². The molecule has 0 bridgehead atoms. The maximum atomic E-state index is 12.0. The molecule has 2 heterocycles. The van der Waals surface area contributed by atoms with E-state index in [4.69, 9.17) is 4.74 Å². The molecule has 1 unspecified atom stereocenters. The van der Waals surface area contributed by atoms with E-state index in [0.29, 0.717) is 12.5 Å². The molecule has 3 rings (SSSR count). The molecule has 0 aliphatic carbocycles. The lowest BCUT2D eigenvalue weighted by molar-refractivity contribution is 0.0571. The Bertz CT molecular complexity index is 543. The summed E-state index contributed by atoms with van der Waals surface area (Å²) in [6.07, 6.45) is 4.17. The van der Waals surface area contributed by atoms with Crippen LogP contribution in [0.25, 0.3) is 0 Å². The number of carbonyl (C=O) groups excluding carboxylic acids is 1. The molecule has 0 saturated carbocycles. The highest BCUT2D eigenvalue weighted by Crippen LogP contribution is 2.27. The molecule has 5 heteroatoms. The highest BCUT2D eigenvalue weighted by atomic mass is 16.5. The summed E-state index contributed by atoms with van der Waals surface area (Å²) in [4.78, 5) is 14.4. The average Bonchev–Trinajstić information content (AvgIpc) is 3.03. The number of carbonyl (C=O) groups is 1. The van der Waals surface area contributed by atoms with Gasteiger partial charge in [-0.1, -0.05) is 18.2 Å². The van der Waals surface area contributed by atoms with Crippen LogP contribution < -0.4 is 15.5 Å². The molecule has 1 aromatic rings. The normalized spacial score (nSPS) is 19.0. The topological polar surface area (TPSA) is 53.6 Å². The number of nitrogens with one attached hydrogen (secondary N) is 2. The minimum absolute atomic E-state index is 0.0455. The third kappa shape index (κ3) is 4.41. The van der Waals surface area contributed by atoms with E-state index in [1.165, 1.54) is 11.3 Å². The molecule has 1 fully saturated rings. The number of urea groups is 1. The fourth-order valence-corrected chi connectivity index (χ4v) is 3.70. The number of anilines is 1. The summed E-state index contributed by atoms with van der Waals surface area (Å²) in [5, 5.41) is 6.07. The molecule has 1 aromatic carbocycles. The van der Waals surface area contributed by atoms with Gasteiger partial charge in [0.15, 0.2) is 0 Å². The number of fused-ring (bicyclic) bond motifs is 1. The number of hydrogen-bond donors (Lipinski definition) is 2. The smallest absolute Gasteiger partial charge is 0.315 e. The Morgan fingerprint density at radius 3 is 2.96 bits per heavy atom. The van der Waals surface area contributed by atoms with Crippen molar-refractivity contribution < 1.29 is 9.53 Å². The molecule has 132 valence electrons. The van der Waals surface area contributed by atoms with Gasteiger partial charge < -0.3 is 20.3 Å². The molecule has 1 saturated heterocycles. The zero-order valence-electron chi connectivity index (χ0n) is 14.6. The maximum absolute atomic E-state index is 12.0. The Balaban J connectivity index is 1.32. The van der Waals surface area contributed by atoms with Crippen molar-refractivity contribution in [3.05, 3.63) is 29.8 Å². The van der Waals surface area contributed by atoms with E-state index >= 15 is 0 Å². The van der Waals surface area contributed by atoms with Crippen molar-refractivity contribution in [3.8, 4) is 0 Å². The van der Waals surface area contributed by atoms with Gasteiger partial charge in [-0.2, -0.15) is 0 Å². The van der Waals surface area contributed by atoms with E-state index in [9.17, 15) is 4.79 Å². The van der Waals surface area contributed by atoms with Crippen LogP contribution in [0.1, 0.15) is 31.7 Å². The quantitative estimate of drug-likeness (QED) is 0.788. The van der Waals surface area contributed by atoms with Crippen LogP contribution in [0, 0.1) is 5.92 Å². The van der Waals surface area contributed by atoms with Gasteiger partial charge in [0.25, 0.3) is 0 Å². The van der Waals surface area contributed by atoms with Gasteiger partial charge in [0.05, 0.1) is 0 Å². The first-order valence-corrected chi connectivity index (χ1v) is 9.19. The van der Waals surface area contributed by atoms with Gasteiger partial charge in [-0.15, -0.1) is 0 Å². The van der Waals surface area contributed by atoms with Gasteiger partial charge in [0, 0.05) is 44.6 Å². The first kappa shape index (κ1) is 17.1. The highest BCUT2D eigenvalue weighted by Gasteiger charge is 2.22. The van der Waals surface area contributed by atoms with Crippen molar-refractivity contribution >= 4 is 11.7 Å². The summed E-state index contributed by atoms with van der Waals surface area (Å²) >= 11 is 0. The number of rotatable bonds is 6. The summed E-state index contributed by atoms with van der Waals surface area (Å²) < 4.78 is 5.38. The Morgan fingerprint density at radius 2 is 2.12 bits per heavy atom. The summed E-state index contributed by atoms with van der Waals surface area (Å²) in [7, 11) is 0. The number of benzene rings is 1. The molecule has 5 nitrogen and oxygen atoms in total. The van der Waals surface area contributed by atoms with Crippen LogP contribution in [0.4, 0.5) is 10.5 Å². The number of nitrogens with zero attached hydrogens (tertiary/aromatic N) is 1. The number of amides is 2. The third-order valence-corrected chi connectivity index (χ3v) is 5.21. The molecule has 2 amide bonds. The first-order chi connectivity index (χ1) is 11.7. The zero-order valence-corrected chi connectivity index (χ0v) is 14.6. The molecule has 1 atom stereocenters. The SMILES string of the molecule is CC(NC(=O)NCCCN1CCc2ccccc21)C1CCOCC1. The molecule has 2 aliphatic rings. The van der Waals surface area contributed by atoms with Crippen molar-refractivity contribution in [1.82, 2.24) is 10.6 Å². The van der Waals surface area contributed by atoms with E-state index in [1.54, 1.807) is 0 Å². The highest BCUT2D eigenvalue weighted by molar-refractivity contribution is 5.74. The zero-order chi connectivity index (χ0) is 16.8. The monoisotopic (exact) mass is 331 g/mol. The van der Waals surface area contributed by atoms with Crippen molar-refractivity contribution in [1.29, 1.82) is 0 Å². The van der Waals surface area contributed by atoms with Crippen molar-refractivity contribution in [2.75, 3.05) is 37.7 Å². The second-order valence-corrected chi connectivity index (χ2v) is 6.86. The number of ether oxygens (including phenoxy) is 1. The Hall–Kier alpha value is -1.75. The molecule has 2 N–H and O–H groups in total. The van der Waals surface area contributed by atoms with Crippen LogP contribution in [-0.4, -0.2) is 44.9 Å². The second kappa shape index (κ2) is 8.38. The Morgan fingerprint density at radius 1 is 1.33 bits per heavy atom. The molecule has 0 radical (unpaired) electrons. The van der Waals surface area contributed by atoms with Crippen LogP contribution >= 0.6 is 0 Å². The lowest BCUT2D eigenvalue weighted by Crippen LogP contribution is -2.45. The Kier molecular flexibility index (Phi) is 5.96. The molecule has 0 aromatic heterocycles. The second-order valence-electron chi connectivity index (χ2n) is 6.86. The van der Waals surface area contributed by atoms with Gasteiger partial charge in [-0.3, -0.25) is 0 Å². The van der Waals surface area contributed by atoms with Gasteiger partial charge in [0.1, 0.15) is 0 Å². The van der Waals surface area contributed by atoms with Crippen molar-refractivity contribution in [2.24, 2.45) is 5.92 Å². The van der Waals surface area contributed by atoms with Gasteiger partial charge in [0.2, 0.25) is 0 Å². The van der Waals surface area contributed by atoms with Gasteiger partial charge in [-0.05, 0) is 50.2 Å². The van der Waals surface area contributed by atoms with Gasteiger partial charge in [-0.25, -0.2) is 4.79 Å². The lowest BCUT2D eigenvalue weighted by atomic mass is 9.93. The van der Waals surface area contributed by atoms with E-state index in [2.05, 4.69) is 46.7 Å². The van der Waals surface area contributed by atoms with Crippen LogP contribution in [0.3, 0.4) is 0 Å². The van der Waals surface area contributed by atoms with Crippen LogP contribution in [-0.2, 0) is 11.2 Å². The summed E-state index contributed by atoms with van der Waals surface area (Å²) in [6, 6.07) is 8.76. The van der Waals surface area contributed by atoms with Crippen LogP contribution in [0.5, 0.6) is 0 Å². The first-order valence-electron chi connectivity index (χ1n) is 9.19. The molecule has 2 aliphatic heterocycles. The fourth-order valence-electron chi connectivity index (χ4n) is 3.70. The van der Waals surface area contributed by atoms with Crippen LogP contribution in [0.15, 0.2) is 24.3 Å². The summed E-state index contributed by atoms with van der Waals surface area (Å²) in [5.74, 6) is 0.533. The predicted molar refractivity (Wildman–Crippen MR) is 96.5 cm³/mol. The lowest BCUT2D eigenvalue weighted by Gasteiger charge is -2.28. The minimum atomic E-state index is -0.0455. The van der Waals surface area contributed by atoms with Crippen LogP contribution in [0.2, 0.25) is 0 Å². The minimum Gasteiger partial charge on any atom is -0.381 e. The molecular formula is C19H29N3O2. The van der Waals surface area contributed by atoms with Crippen molar-refractivity contribution in [2.45, 2.75) is 38.6 Å². The molecular weight excluding hydrogens is 302 g/mol. The van der Waals surface area contributed by atoms with E-state index in [-0.39, 0.29) is 12.1 Å². The third-order valence-electron chi connectivity index (χ3n) is 5.21.